The molecule has 0 aliphatic rings. The van der Waals surface area contributed by atoms with Gasteiger partial charge in [0.1, 0.15) is 13.2 Å². The van der Waals surface area contributed by atoms with Gasteiger partial charge in [-0.1, -0.05) is 0 Å². The molecule has 0 heterocycles. The fourth-order valence-electron chi connectivity index (χ4n) is 1.37. The van der Waals surface area contributed by atoms with Crippen molar-refractivity contribution >= 4 is 11.9 Å². The van der Waals surface area contributed by atoms with E-state index in [9.17, 15) is 9.59 Å². The van der Waals surface area contributed by atoms with Crippen LogP contribution in [0.2, 0.25) is 0 Å². The van der Waals surface area contributed by atoms with E-state index in [1.165, 1.54) is 0 Å². The lowest BCUT2D eigenvalue weighted by atomic mass is 10.6. The first-order chi connectivity index (χ1) is 11.7. The third-order valence-corrected chi connectivity index (χ3v) is 2.38. The van der Waals surface area contributed by atoms with Gasteiger partial charge < -0.3 is 39.2 Å². The lowest BCUT2D eigenvalue weighted by Crippen LogP contribution is -2.31. The van der Waals surface area contributed by atoms with Crippen LogP contribution >= 0.6 is 0 Å². The number of rotatable bonds is 18. The van der Waals surface area contributed by atoms with Crippen LogP contribution in [0, 0.1) is 0 Å². The molecule has 24 heavy (non-hydrogen) atoms. The van der Waals surface area contributed by atoms with Gasteiger partial charge in [0.15, 0.2) is 0 Å². The molecule has 1 amide bonds. The second-order valence-electron chi connectivity index (χ2n) is 4.41. The van der Waals surface area contributed by atoms with Gasteiger partial charge in [-0.15, -0.1) is 0 Å². The summed E-state index contributed by atoms with van der Waals surface area (Å²) >= 11 is 0. The summed E-state index contributed by atoms with van der Waals surface area (Å²) in [4.78, 5) is 21.4. The van der Waals surface area contributed by atoms with Gasteiger partial charge in [0.25, 0.3) is 0 Å². The van der Waals surface area contributed by atoms with Gasteiger partial charge in [0, 0.05) is 6.54 Å². The van der Waals surface area contributed by atoms with E-state index in [1.54, 1.807) is 0 Å². The lowest BCUT2D eigenvalue weighted by molar-refractivity contribution is -0.143. The molecule has 0 atom stereocenters. The molecule has 0 aromatic heterocycles. The maximum Gasteiger partial charge on any atom is 0.329 e. The average molecular weight is 353 g/mol. The maximum atomic E-state index is 11.2. The molecule has 10 heteroatoms. The number of nitrogens with one attached hydrogen (secondary N) is 1. The highest BCUT2D eigenvalue weighted by atomic mass is 16.6. The molecular formula is C14H27NO9. The van der Waals surface area contributed by atoms with Crippen molar-refractivity contribution in [1.82, 2.24) is 5.32 Å². The molecule has 0 spiro atoms. The van der Waals surface area contributed by atoms with Crippen molar-refractivity contribution in [2.75, 3.05) is 79.2 Å². The highest BCUT2D eigenvalue weighted by molar-refractivity contribution is 5.77. The first-order valence-electron chi connectivity index (χ1n) is 7.65. The minimum absolute atomic E-state index is 0.00525. The fraction of sp³-hybridized carbons (Fsp3) is 0.857. The number of aliphatic hydroxyl groups excluding tert-OH is 1. The molecule has 0 saturated carbocycles. The zero-order chi connectivity index (χ0) is 17.9. The van der Waals surface area contributed by atoms with Crippen LogP contribution in [0.5, 0.6) is 0 Å². The summed E-state index contributed by atoms with van der Waals surface area (Å²) in [6.07, 6.45) is 0. The minimum atomic E-state index is -1.12. The van der Waals surface area contributed by atoms with E-state index >= 15 is 0 Å². The smallest absolute Gasteiger partial charge is 0.329 e. The maximum absolute atomic E-state index is 11.2. The number of ether oxygens (including phenoxy) is 5. The van der Waals surface area contributed by atoms with E-state index in [2.05, 4.69) is 10.1 Å². The first-order valence-corrected chi connectivity index (χ1v) is 7.65. The van der Waals surface area contributed by atoms with Crippen LogP contribution in [-0.2, 0) is 33.3 Å². The Morgan fingerprint density at radius 3 is 1.71 bits per heavy atom. The van der Waals surface area contributed by atoms with Crippen molar-refractivity contribution in [3.63, 3.8) is 0 Å². The largest absolute Gasteiger partial charge is 0.480 e. The van der Waals surface area contributed by atoms with E-state index < -0.39 is 18.5 Å². The average Bonchev–Trinajstić information content (AvgIpc) is 2.55. The van der Waals surface area contributed by atoms with Crippen molar-refractivity contribution in [3.8, 4) is 0 Å². The van der Waals surface area contributed by atoms with E-state index in [1.807, 2.05) is 0 Å². The molecule has 0 radical (unpaired) electrons. The highest BCUT2D eigenvalue weighted by Gasteiger charge is 2.02. The molecule has 0 saturated heterocycles. The van der Waals surface area contributed by atoms with Crippen molar-refractivity contribution in [2.24, 2.45) is 0 Å². The number of aliphatic carboxylic acids is 1. The lowest BCUT2D eigenvalue weighted by Gasteiger charge is -2.08. The molecule has 10 nitrogen and oxygen atoms in total. The molecule has 0 aromatic rings. The quantitative estimate of drug-likeness (QED) is 0.246. The van der Waals surface area contributed by atoms with Crippen LogP contribution in [0.3, 0.4) is 0 Å². The van der Waals surface area contributed by atoms with E-state index in [0.717, 1.165) is 0 Å². The minimum Gasteiger partial charge on any atom is -0.480 e. The van der Waals surface area contributed by atoms with Gasteiger partial charge in [-0.05, 0) is 0 Å². The van der Waals surface area contributed by atoms with Crippen LogP contribution in [-0.4, -0.2) is 101 Å². The third-order valence-electron chi connectivity index (χ3n) is 2.38. The Hall–Kier alpha value is -1.30. The Morgan fingerprint density at radius 2 is 1.21 bits per heavy atom. The van der Waals surface area contributed by atoms with E-state index in [0.29, 0.717) is 59.4 Å². The molecule has 0 bridgehead atoms. The predicted octanol–water partition coefficient (Wildman–Crippen LogP) is -1.74. The molecule has 0 aromatic carbocycles. The number of hydrogen-bond acceptors (Lipinski definition) is 8. The topological polar surface area (TPSA) is 133 Å². The predicted molar refractivity (Wildman–Crippen MR) is 81.8 cm³/mol. The van der Waals surface area contributed by atoms with E-state index in [-0.39, 0.29) is 13.2 Å². The van der Waals surface area contributed by atoms with E-state index in [4.69, 9.17) is 29.2 Å². The number of hydrogen-bond donors (Lipinski definition) is 3. The molecule has 0 aliphatic heterocycles. The normalized spacial score (nSPS) is 10.7. The van der Waals surface area contributed by atoms with Crippen molar-refractivity contribution in [2.45, 2.75) is 0 Å². The molecule has 0 aliphatic carbocycles. The van der Waals surface area contributed by atoms with Crippen LogP contribution in [0.25, 0.3) is 0 Å². The third kappa shape index (κ3) is 18.7. The molecule has 0 rings (SSSR count). The molecule has 0 unspecified atom stereocenters. The summed E-state index contributed by atoms with van der Waals surface area (Å²) in [5.74, 6) is -1.51. The van der Waals surface area contributed by atoms with Crippen LogP contribution in [0.4, 0.5) is 0 Å². The SMILES string of the molecule is O=C(O)COCC(=O)NCCOCCOCCOCCOCCO. The summed E-state index contributed by atoms with van der Waals surface area (Å²) in [6, 6.07) is 0. The van der Waals surface area contributed by atoms with Crippen molar-refractivity contribution < 1.29 is 43.5 Å². The Bertz CT molecular complexity index is 315. The summed E-state index contributed by atoms with van der Waals surface area (Å²) < 4.78 is 25.4. The number of carboxylic acid groups (broad SMARTS) is 1. The van der Waals surface area contributed by atoms with Gasteiger partial charge in [-0.3, -0.25) is 4.79 Å². The molecule has 142 valence electrons. The highest BCUT2D eigenvalue weighted by Crippen LogP contribution is 1.83. The fourth-order valence-corrected chi connectivity index (χ4v) is 1.37. The Kier molecular flexibility index (Phi) is 17.1. The molecular weight excluding hydrogens is 326 g/mol. The van der Waals surface area contributed by atoms with Crippen LogP contribution in [0.15, 0.2) is 0 Å². The second-order valence-corrected chi connectivity index (χ2v) is 4.41. The second kappa shape index (κ2) is 18.0. The van der Waals surface area contributed by atoms with Gasteiger partial charge in [0.05, 0.1) is 59.5 Å². The number of carboxylic acids is 1. The zero-order valence-corrected chi connectivity index (χ0v) is 13.7. The summed E-state index contributed by atoms with van der Waals surface area (Å²) in [6.45, 7) is 2.77. The number of amides is 1. The van der Waals surface area contributed by atoms with Gasteiger partial charge >= 0.3 is 5.97 Å². The monoisotopic (exact) mass is 353 g/mol. The first kappa shape index (κ1) is 22.7. The standard InChI is InChI=1S/C14H27NO9/c16-2-4-21-6-8-23-10-9-22-7-5-20-3-1-15-13(17)11-24-12-14(18)19/h16H,1-12H2,(H,15,17)(H,18,19). The number of carbonyl (C=O) groups excluding carboxylic acids is 1. The molecule has 0 fully saturated rings. The zero-order valence-electron chi connectivity index (χ0n) is 13.7. The van der Waals surface area contributed by atoms with Gasteiger partial charge in [0.2, 0.25) is 5.91 Å². The summed E-state index contributed by atoms with van der Waals surface area (Å²) in [5, 5.41) is 19.3. The Balaban J connectivity index is 3.12. The van der Waals surface area contributed by atoms with Gasteiger partial charge in [-0.25, -0.2) is 4.79 Å². The van der Waals surface area contributed by atoms with Crippen LogP contribution < -0.4 is 5.32 Å². The van der Waals surface area contributed by atoms with Gasteiger partial charge in [-0.2, -0.15) is 0 Å². The van der Waals surface area contributed by atoms with Crippen LogP contribution in [0.1, 0.15) is 0 Å². The Morgan fingerprint density at radius 1 is 0.708 bits per heavy atom. The Labute approximate surface area is 141 Å². The van der Waals surface area contributed by atoms with Crippen molar-refractivity contribution in [1.29, 1.82) is 0 Å². The van der Waals surface area contributed by atoms with Crippen molar-refractivity contribution in [3.05, 3.63) is 0 Å². The summed E-state index contributed by atoms with van der Waals surface area (Å²) in [5.41, 5.74) is 0. The number of carbonyl (C=O) groups is 2. The summed E-state index contributed by atoms with van der Waals surface area (Å²) in [7, 11) is 0. The number of aliphatic hydroxyl groups is 1. The molecule has 3 N–H and O–H groups in total.